The van der Waals surface area contributed by atoms with Crippen LogP contribution in [0.3, 0.4) is 0 Å². The van der Waals surface area contributed by atoms with Crippen molar-refractivity contribution >= 4 is 0 Å². The van der Waals surface area contributed by atoms with Crippen molar-refractivity contribution in [3.05, 3.63) is 0 Å². The number of ether oxygens (including phenoxy) is 2. The van der Waals surface area contributed by atoms with Gasteiger partial charge in [-0.15, -0.1) is 0 Å². The molecule has 1 rings (SSSR count). The lowest BCUT2D eigenvalue weighted by atomic mass is 10.0. The van der Waals surface area contributed by atoms with Gasteiger partial charge in [0.25, 0.3) is 0 Å². The third kappa shape index (κ3) is 4.78. The number of rotatable bonds is 7. The summed E-state index contributed by atoms with van der Waals surface area (Å²) in [6.45, 7) is 5.90. The first-order valence-corrected chi connectivity index (χ1v) is 6.23. The molecule has 1 fully saturated rings. The van der Waals surface area contributed by atoms with E-state index in [1.54, 1.807) is 7.11 Å². The average Bonchev–Trinajstić information content (AvgIpc) is 2.34. The van der Waals surface area contributed by atoms with E-state index in [1.807, 2.05) is 0 Å². The van der Waals surface area contributed by atoms with Gasteiger partial charge in [-0.2, -0.15) is 0 Å². The molecule has 96 valence electrons. The molecule has 1 N–H and O–H groups in total. The Labute approximate surface area is 98.5 Å². The summed E-state index contributed by atoms with van der Waals surface area (Å²) in [5.41, 5.74) is 0. The second-order valence-electron chi connectivity index (χ2n) is 4.46. The molecule has 1 aliphatic heterocycles. The smallest absolute Gasteiger partial charge is 0.0701 e. The van der Waals surface area contributed by atoms with Gasteiger partial charge in [0.15, 0.2) is 0 Å². The minimum Gasteiger partial charge on any atom is -0.394 e. The third-order valence-electron chi connectivity index (χ3n) is 3.28. The SMILES string of the molecule is COCCC(C)N1CCC(OCCO)CC1. The minimum absolute atomic E-state index is 0.129. The fourth-order valence-corrected chi connectivity index (χ4v) is 2.17. The number of nitrogens with zero attached hydrogens (tertiary/aromatic N) is 1. The van der Waals surface area contributed by atoms with E-state index < -0.39 is 0 Å². The number of methoxy groups -OCH3 is 1. The topological polar surface area (TPSA) is 41.9 Å². The minimum atomic E-state index is 0.129. The summed E-state index contributed by atoms with van der Waals surface area (Å²) in [5.74, 6) is 0. The molecule has 1 unspecified atom stereocenters. The number of hydrogen-bond donors (Lipinski definition) is 1. The highest BCUT2D eigenvalue weighted by molar-refractivity contribution is 4.76. The number of hydrogen-bond acceptors (Lipinski definition) is 4. The molecule has 0 spiro atoms. The monoisotopic (exact) mass is 231 g/mol. The molecule has 0 aromatic heterocycles. The van der Waals surface area contributed by atoms with Crippen molar-refractivity contribution < 1.29 is 14.6 Å². The molecule has 0 saturated carbocycles. The van der Waals surface area contributed by atoms with Crippen molar-refractivity contribution in [3.63, 3.8) is 0 Å². The first kappa shape index (κ1) is 13.9. The Kier molecular flexibility index (Phi) is 6.96. The zero-order valence-corrected chi connectivity index (χ0v) is 10.5. The molecule has 0 aliphatic carbocycles. The van der Waals surface area contributed by atoms with Crippen LogP contribution >= 0.6 is 0 Å². The average molecular weight is 231 g/mol. The van der Waals surface area contributed by atoms with Gasteiger partial charge in [-0.05, 0) is 26.2 Å². The normalized spacial score (nSPS) is 21.2. The highest BCUT2D eigenvalue weighted by Gasteiger charge is 2.22. The van der Waals surface area contributed by atoms with E-state index in [4.69, 9.17) is 14.6 Å². The van der Waals surface area contributed by atoms with Crippen molar-refractivity contribution in [1.29, 1.82) is 0 Å². The van der Waals surface area contributed by atoms with Crippen LogP contribution in [0.4, 0.5) is 0 Å². The third-order valence-corrected chi connectivity index (χ3v) is 3.28. The molecule has 4 heteroatoms. The van der Waals surface area contributed by atoms with Crippen LogP contribution < -0.4 is 0 Å². The maximum Gasteiger partial charge on any atom is 0.0701 e. The molecule has 0 radical (unpaired) electrons. The summed E-state index contributed by atoms with van der Waals surface area (Å²) < 4.78 is 10.6. The Morgan fingerprint density at radius 3 is 2.56 bits per heavy atom. The van der Waals surface area contributed by atoms with Gasteiger partial charge in [0, 0.05) is 32.8 Å². The van der Waals surface area contributed by atoms with E-state index in [1.165, 1.54) is 0 Å². The molecule has 0 aromatic carbocycles. The Morgan fingerprint density at radius 2 is 2.00 bits per heavy atom. The lowest BCUT2D eigenvalue weighted by Crippen LogP contribution is -2.42. The second-order valence-corrected chi connectivity index (χ2v) is 4.46. The fraction of sp³-hybridized carbons (Fsp3) is 1.00. The molecule has 16 heavy (non-hydrogen) atoms. The Morgan fingerprint density at radius 1 is 1.31 bits per heavy atom. The van der Waals surface area contributed by atoms with Crippen LogP contribution in [0.15, 0.2) is 0 Å². The van der Waals surface area contributed by atoms with Crippen LogP contribution in [0.2, 0.25) is 0 Å². The summed E-state index contributed by atoms with van der Waals surface area (Å²) in [5, 5.41) is 8.68. The lowest BCUT2D eigenvalue weighted by molar-refractivity contribution is -0.0159. The molecule has 1 heterocycles. The summed E-state index contributed by atoms with van der Waals surface area (Å²) in [7, 11) is 1.75. The molecule has 1 atom stereocenters. The molecular weight excluding hydrogens is 206 g/mol. The molecule has 1 saturated heterocycles. The zero-order chi connectivity index (χ0) is 11.8. The standard InChI is InChI=1S/C12H25NO3/c1-11(5-9-15-2)13-6-3-12(4-7-13)16-10-8-14/h11-12,14H,3-10H2,1-2H3. The van der Waals surface area contributed by atoms with Crippen LogP contribution in [-0.2, 0) is 9.47 Å². The summed E-state index contributed by atoms with van der Waals surface area (Å²) in [6.07, 6.45) is 3.60. The van der Waals surface area contributed by atoms with Gasteiger partial charge in [-0.1, -0.05) is 0 Å². The lowest BCUT2D eigenvalue weighted by Gasteiger charge is -2.35. The van der Waals surface area contributed by atoms with Crippen LogP contribution in [0.5, 0.6) is 0 Å². The van der Waals surface area contributed by atoms with Crippen molar-refractivity contribution in [1.82, 2.24) is 4.90 Å². The number of piperidine rings is 1. The van der Waals surface area contributed by atoms with Crippen LogP contribution in [-0.4, -0.2) is 62.2 Å². The van der Waals surface area contributed by atoms with Gasteiger partial charge in [0.2, 0.25) is 0 Å². The maximum atomic E-state index is 8.68. The Balaban J connectivity index is 2.15. The number of aliphatic hydroxyl groups excluding tert-OH is 1. The number of likely N-dealkylation sites (tertiary alicyclic amines) is 1. The first-order valence-electron chi connectivity index (χ1n) is 6.23. The largest absolute Gasteiger partial charge is 0.394 e. The van der Waals surface area contributed by atoms with Crippen LogP contribution in [0.1, 0.15) is 26.2 Å². The first-order chi connectivity index (χ1) is 7.77. The van der Waals surface area contributed by atoms with Gasteiger partial charge < -0.3 is 19.5 Å². The highest BCUT2D eigenvalue weighted by Crippen LogP contribution is 2.17. The zero-order valence-electron chi connectivity index (χ0n) is 10.5. The quantitative estimate of drug-likeness (QED) is 0.706. The van der Waals surface area contributed by atoms with E-state index in [-0.39, 0.29) is 6.61 Å². The summed E-state index contributed by atoms with van der Waals surface area (Å²) in [6, 6.07) is 0.596. The molecule has 0 aromatic rings. The van der Waals surface area contributed by atoms with E-state index in [2.05, 4.69) is 11.8 Å². The van der Waals surface area contributed by atoms with Gasteiger partial charge in [-0.3, -0.25) is 0 Å². The van der Waals surface area contributed by atoms with Crippen molar-refractivity contribution in [2.75, 3.05) is 40.0 Å². The molecule has 1 aliphatic rings. The predicted octanol–water partition coefficient (Wildman–Crippen LogP) is 0.885. The van der Waals surface area contributed by atoms with Gasteiger partial charge in [0.1, 0.15) is 0 Å². The van der Waals surface area contributed by atoms with E-state index in [0.717, 1.165) is 39.0 Å². The molecular formula is C12H25NO3. The fourth-order valence-electron chi connectivity index (χ4n) is 2.17. The van der Waals surface area contributed by atoms with Crippen molar-refractivity contribution in [2.24, 2.45) is 0 Å². The summed E-state index contributed by atoms with van der Waals surface area (Å²) >= 11 is 0. The van der Waals surface area contributed by atoms with E-state index in [9.17, 15) is 0 Å². The number of aliphatic hydroxyl groups is 1. The molecule has 4 nitrogen and oxygen atoms in total. The Hall–Kier alpha value is -0.160. The van der Waals surface area contributed by atoms with Gasteiger partial charge in [0.05, 0.1) is 19.3 Å². The predicted molar refractivity (Wildman–Crippen MR) is 63.6 cm³/mol. The molecule has 0 bridgehead atoms. The van der Waals surface area contributed by atoms with Crippen LogP contribution in [0, 0.1) is 0 Å². The highest BCUT2D eigenvalue weighted by atomic mass is 16.5. The van der Waals surface area contributed by atoms with Crippen molar-refractivity contribution in [2.45, 2.75) is 38.3 Å². The molecule has 0 amide bonds. The summed E-state index contributed by atoms with van der Waals surface area (Å²) in [4.78, 5) is 2.50. The van der Waals surface area contributed by atoms with E-state index >= 15 is 0 Å². The van der Waals surface area contributed by atoms with Gasteiger partial charge >= 0.3 is 0 Å². The van der Waals surface area contributed by atoms with Crippen molar-refractivity contribution in [3.8, 4) is 0 Å². The van der Waals surface area contributed by atoms with E-state index in [0.29, 0.717) is 18.8 Å². The maximum absolute atomic E-state index is 8.68. The second kappa shape index (κ2) is 8.01. The Bertz CT molecular complexity index is 170. The van der Waals surface area contributed by atoms with Crippen LogP contribution in [0.25, 0.3) is 0 Å². The van der Waals surface area contributed by atoms with Gasteiger partial charge in [-0.25, -0.2) is 0 Å².